The lowest BCUT2D eigenvalue weighted by Gasteiger charge is -2.07. The molecule has 1 aliphatic heterocycles. The summed E-state index contributed by atoms with van der Waals surface area (Å²) in [5, 5.41) is 9.52. The highest BCUT2D eigenvalue weighted by atomic mass is 79.9. The Labute approximate surface area is 112 Å². The SMILES string of the molecule is O=C1Oc2ccc(O)cc2C1c1ccc(Br)cc1. The topological polar surface area (TPSA) is 46.5 Å². The minimum Gasteiger partial charge on any atom is -0.508 e. The number of esters is 1. The predicted molar refractivity (Wildman–Crippen MR) is 69.7 cm³/mol. The third kappa shape index (κ3) is 1.78. The molecular formula is C14H9BrO3. The maximum absolute atomic E-state index is 11.9. The fourth-order valence-corrected chi connectivity index (χ4v) is 2.38. The number of hydrogen-bond acceptors (Lipinski definition) is 3. The molecule has 0 fully saturated rings. The molecule has 1 aliphatic rings. The first-order valence-corrected chi connectivity index (χ1v) is 6.24. The maximum Gasteiger partial charge on any atom is 0.323 e. The third-order valence-corrected chi connectivity index (χ3v) is 3.48. The Morgan fingerprint density at radius 2 is 1.83 bits per heavy atom. The van der Waals surface area contributed by atoms with Crippen LogP contribution in [0.4, 0.5) is 0 Å². The van der Waals surface area contributed by atoms with Crippen molar-refractivity contribution in [3.63, 3.8) is 0 Å². The normalized spacial score (nSPS) is 17.4. The summed E-state index contributed by atoms with van der Waals surface area (Å²) in [4.78, 5) is 11.9. The molecule has 0 aliphatic carbocycles. The van der Waals surface area contributed by atoms with Crippen LogP contribution in [0.25, 0.3) is 0 Å². The van der Waals surface area contributed by atoms with E-state index >= 15 is 0 Å². The second kappa shape index (κ2) is 4.14. The van der Waals surface area contributed by atoms with E-state index in [1.807, 2.05) is 24.3 Å². The molecule has 0 amide bonds. The number of hydrogen-bond donors (Lipinski definition) is 1. The maximum atomic E-state index is 11.9. The monoisotopic (exact) mass is 304 g/mol. The number of carbonyl (C=O) groups excluding carboxylic acids is 1. The molecule has 90 valence electrons. The van der Waals surface area contributed by atoms with Gasteiger partial charge in [0.05, 0.1) is 0 Å². The third-order valence-electron chi connectivity index (χ3n) is 2.95. The van der Waals surface area contributed by atoms with Crippen LogP contribution >= 0.6 is 15.9 Å². The van der Waals surface area contributed by atoms with Gasteiger partial charge in [0, 0.05) is 10.0 Å². The zero-order chi connectivity index (χ0) is 12.7. The van der Waals surface area contributed by atoms with Gasteiger partial charge in [-0.25, -0.2) is 0 Å². The van der Waals surface area contributed by atoms with Gasteiger partial charge in [-0.15, -0.1) is 0 Å². The molecule has 0 bridgehead atoms. The Kier molecular flexibility index (Phi) is 2.59. The Bertz CT molecular complexity index is 619. The second-order valence-corrected chi connectivity index (χ2v) is 5.04. The van der Waals surface area contributed by atoms with E-state index in [-0.39, 0.29) is 11.7 Å². The average Bonchev–Trinajstić information content (AvgIpc) is 2.66. The minimum atomic E-state index is -0.458. The van der Waals surface area contributed by atoms with Crippen LogP contribution in [0.3, 0.4) is 0 Å². The first-order valence-electron chi connectivity index (χ1n) is 5.45. The number of phenolic OH excluding ortho intramolecular Hbond substituents is 1. The van der Waals surface area contributed by atoms with Gasteiger partial charge in [0.2, 0.25) is 0 Å². The van der Waals surface area contributed by atoms with E-state index in [1.54, 1.807) is 12.1 Å². The number of ether oxygens (including phenoxy) is 1. The standard InChI is InChI=1S/C14H9BrO3/c15-9-3-1-8(2-4-9)13-11-7-10(16)5-6-12(11)18-14(13)17/h1-7,13,16H. The zero-order valence-corrected chi connectivity index (χ0v) is 10.8. The molecular weight excluding hydrogens is 296 g/mol. The van der Waals surface area contributed by atoms with Crippen molar-refractivity contribution in [2.75, 3.05) is 0 Å². The van der Waals surface area contributed by atoms with Gasteiger partial charge in [0.1, 0.15) is 17.4 Å². The number of phenols is 1. The molecule has 1 heterocycles. The Morgan fingerprint density at radius 1 is 1.11 bits per heavy atom. The van der Waals surface area contributed by atoms with Crippen LogP contribution in [-0.2, 0) is 4.79 Å². The highest BCUT2D eigenvalue weighted by Crippen LogP contribution is 2.40. The van der Waals surface area contributed by atoms with Crippen LogP contribution in [-0.4, -0.2) is 11.1 Å². The molecule has 4 heteroatoms. The highest BCUT2D eigenvalue weighted by molar-refractivity contribution is 9.10. The molecule has 0 aromatic heterocycles. The summed E-state index contributed by atoms with van der Waals surface area (Å²) in [7, 11) is 0. The van der Waals surface area contributed by atoms with Crippen LogP contribution in [0.15, 0.2) is 46.9 Å². The van der Waals surface area contributed by atoms with Crippen LogP contribution in [0, 0.1) is 0 Å². The highest BCUT2D eigenvalue weighted by Gasteiger charge is 2.34. The van der Waals surface area contributed by atoms with Gasteiger partial charge in [-0.3, -0.25) is 4.79 Å². The number of aromatic hydroxyl groups is 1. The van der Waals surface area contributed by atoms with E-state index in [4.69, 9.17) is 4.74 Å². The summed E-state index contributed by atoms with van der Waals surface area (Å²) in [5.41, 5.74) is 1.56. The van der Waals surface area contributed by atoms with Crippen LogP contribution < -0.4 is 4.74 Å². The average molecular weight is 305 g/mol. The number of halogens is 1. The van der Waals surface area contributed by atoms with E-state index in [0.29, 0.717) is 11.3 Å². The van der Waals surface area contributed by atoms with Crippen molar-refractivity contribution in [3.05, 3.63) is 58.1 Å². The fraction of sp³-hybridized carbons (Fsp3) is 0.0714. The van der Waals surface area contributed by atoms with Gasteiger partial charge >= 0.3 is 5.97 Å². The molecule has 0 saturated heterocycles. The van der Waals surface area contributed by atoms with Crippen molar-refractivity contribution in [1.82, 2.24) is 0 Å². The lowest BCUT2D eigenvalue weighted by molar-refractivity contribution is -0.133. The van der Waals surface area contributed by atoms with Gasteiger partial charge in [-0.2, -0.15) is 0 Å². The number of benzene rings is 2. The van der Waals surface area contributed by atoms with E-state index in [9.17, 15) is 9.90 Å². The molecule has 3 rings (SSSR count). The van der Waals surface area contributed by atoms with E-state index in [2.05, 4.69) is 15.9 Å². The quantitative estimate of drug-likeness (QED) is 0.650. The van der Waals surface area contributed by atoms with Crippen LogP contribution in [0.5, 0.6) is 11.5 Å². The molecule has 1 N–H and O–H groups in total. The van der Waals surface area contributed by atoms with Crippen molar-refractivity contribution in [1.29, 1.82) is 0 Å². The van der Waals surface area contributed by atoms with Gasteiger partial charge in [0.25, 0.3) is 0 Å². The van der Waals surface area contributed by atoms with Gasteiger partial charge in [0.15, 0.2) is 0 Å². The summed E-state index contributed by atoms with van der Waals surface area (Å²) < 4.78 is 6.15. The smallest absolute Gasteiger partial charge is 0.323 e. The van der Waals surface area contributed by atoms with Crippen molar-refractivity contribution in [2.45, 2.75) is 5.92 Å². The molecule has 18 heavy (non-hydrogen) atoms. The van der Waals surface area contributed by atoms with Crippen molar-refractivity contribution >= 4 is 21.9 Å². The van der Waals surface area contributed by atoms with E-state index in [0.717, 1.165) is 10.0 Å². The van der Waals surface area contributed by atoms with E-state index < -0.39 is 5.92 Å². The van der Waals surface area contributed by atoms with Crippen LogP contribution in [0.1, 0.15) is 17.0 Å². The molecule has 2 aromatic rings. The Balaban J connectivity index is 2.11. The molecule has 3 nitrogen and oxygen atoms in total. The molecule has 1 atom stereocenters. The summed E-state index contributed by atoms with van der Waals surface area (Å²) >= 11 is 3.36. The Morgan fingerprint density at radius 3 is 2.56 bits per heavy atom. The second-order valence-electron chi connectivity index (χ2n) is 4.13. The number of rotatable bonds is 1. The first-order chi connectivity index (χ1) is 8.65. The van der Waals surface area contributed by atoms with Gasteiger partial charge in [-0.05, 0) is 35.9 Å². The van der Waals surface area contributed by atoms with Gasteiger partial charge in [-0.1, -0.05) is 28.1 Å². The molecule has 2 aromatic carbocycles. The van der Waals surface area contributed by atoms with Crippen molar-refractivity contribution in [2.24, 2.45) is 0 Å². The predicted octanol–water partition coefficient (Wildman–Crippen LogP) is 3.21. The van der Waals surface area contributed by atoms with Crippen molar-refractivity contribution < 1.29 is 14.6 Å². The van der Waals surface area contributed by atoms with E-state index in [1.165, 1.54) is 6.07 Å². The summed E-state index contributed by atoms with van der Waals surface area (Å²) in [6, 6.07) is 12.2. The first kappa shape index (κ1) is 11.3. The van der Waals surface area contributed by atoms with Gasteiger partial charge < -0.3 is 9.84 Å². The fourth-order valence-electron chi connectivity index (χ4n) is 2.12. The largest absolute Gasteiger partial charge is 0.508 e. The van der Waals surface area contributed by atoms with Crippen molar-refractivity contribution in [3.8, 4) is 11.5 Å². The van der Waals surface area contributed by atoms with Crippen LogP contribution in [0.2, 0.25) is 0 Å². The Hall–Kier alpha value is -1.81. The number of fused-ring (bicyclic) bond motifs is 1. The minimum absolute atomic E-state index is 0.133. The summed E-state index contributed by atoms with van der Waals surface area (Å²) in [6.45, 7) is 0. The summed E-state index contributed by atoms with van der Waals surface area (Å²) in [5.74, 6) is -0.113. The molecule has 0 saturated carbocycles. The lowest BCUT2D eigenvalue weighted by Crippen LogP contribution is -2.11. The zero-order valence-electron chi connectivity index (χ0n) is 9.26. The molecule has 1 unspecified atom stereocenters. The summed E-state index contributed by atoms with van der Waals surface area (Å²) in [6.07, 6.45) is 0. The molecule has 0 radical (unpaired) electrons. The lowest BCUT2D eigenvalue weighted by atomic mass is 9.92. The number of carbonyl (C=O) groups is 1. The molecule has 0 spiro atoms.